The molecule has 0 spiro atoms. The molecule has 1 N–H and O–H groups in total. The molecule has 2 rings (SSSR count). The number of hydrogen-bond acceptors (Lipinski definition) is 3. The van der Waals surface area contributed by atoms with Crippen molar-refractivity contribution in [3.63, 3.8) is 0 Å². The van der Waals surface area contributed by atoms with E-state index in [1.54, 1.807) is 24.3 Å². The van der Waals surface area contributed by atoms with Crippen molar-refractivity contribution < 1.29 is 18.7 Å². The van der Waals surface area contributed by atoms with Gasteiger partial charge < -0.3 is 5.11 Å². The first kappa shape index (κ1) is 13.1. The lowest BCUT2D eigenvalue weighted by atomic mass is 10.1. The number of carboxylic acid groups (broad SMARTS) is 1. The summed E-state index contributed by atoms with van der Waals surface area (Å²) in [6.07, 6.45) is -2.05. The molecule has 0 aliphatic rings. The number of benzene rings is 1. The van der Waals surface area contributed by atoms with Gasteiger partial charge in [-0.2, -0.15) is 0 Å². The summed E-state index contributed by atoms with van der Waals surface area (Å²) < 4.78 is 25.6. The molecule has 0 unspecified atom stereocenters. The SMILES string of the molecule is Cc1ccc(-c2ncc(C(=O)O)c(C(F)F)n2)cc1. The monoisotopic (exact) mass is 264 g/mol. The Kier molecular flexibility index (Phi) is 3.50. The maximum absolute atomic E-state index is 12.8. The van der Waals surface area contributed by atoms with E-state index in [9.17, 15) is 13.6 Å². The highest BCUT2D eigenvalue weighted by molar-refractivity contribution is 5.88. The molecule has 1 aromatic heterocycles. The molecule has 2 aromatic rings. The molecule has 19 heavy (non-hydrogen) atoms. The molecule has 0 bridgehead atoms. The van der Waals surface area contributed by atoms with E-state index in [4.69, 9.17) is 5.11 Å². The maximum Gasteiger partial charge on any atom is 0.339 e. The van der Waals surface area contributed by atoms with Gasteiger partial charge >= 0.3 is 5.97 Å². The first-order valence-electron chi connectivity index (χ1n) is 5.44. The summed E-state index contributed by atoms with van der Waals surface area (Å²) in [5.74, 6) is -1.38. The Labute approximate surface area is 107 Å². The number of carboxylic acids is 1. The second-order valence-electron chi connectivity index (χ2n) is 3.96. The topological polar surface area (TPSA) is 63.1 Å². The minimum atomic E-state index is -2.96. The van der Waals surface area contributed by atoms with Crippen LogP contribution in [0.25, 0.3) is 11.4 Å². The van der Waals surface area contributed by atoms with Gasteiger partial charge in [-0.25, -0.2) is 23.5 Å². The number of halogens is 2. The van der Waals surface area contributed by atoms with Gasteiger partial charge in [-0.3, -0.25) is 0 Å². The first-order valence-corrected chi connectivity index (χ1v) is 5.44. The molecular weight excluding hydrogens is 254 g/mol. The smallest absolute Gasteiger partial charge is 0.339 e. The van der Waals surface area contributed by atoms with E-state index in [0.29, 0.717) is 5.56 Å². The molecule has 4 nitrogen and oxygen atoms in total. The van der Waals surface area contributed by atoms with E-state index in [0.717, 1.165) is 11.8 Å². The van der Waals surface area contributed by atoms with Crippen molar-refractivity contribution in [3.8, 4) is 11.4 Å². The van der Waals surface area contributed by atoms with Gasteiger partial charge in [-0.1, -0.05) is 29.8 Å². The molecule has 0 radical (unpaired) electrons. The van der Waals surface area contributed by atoms with E-state index in [1.807, 2.05) is 6.92 Å². The quantitative estimate of drug-likeness (QED) is 0.925. The van der Waals surface area contributed by atoms with E-state index < -0.39 is 23.7 Å². The van der Waals surface area contributed by atoms with Crippen molar-refractivity contribution in [2.24, 2.45) is 0 Å². The summed E-state index contributed by atoms with van der Waals surface area (Å²) in [5.41, 5.74) is 0.230. The molecule has 6 heteroatoms. The summed E-state index contributed by atoms with van der Waals surface area (Å²) in [4.78, 5) is 18.3. The highest BCUT2D eigenvalue weighted by Crippen LogP contribution is 2.24. The standard InChI is InChI=1S/C13H10F2N2O2/c1-7-2-4-8(5-3-7)12-16-6-9(13(18)19)10(17-12)11(14)15/h2-6,11H,1H3,(H,18,19). The molecule has 0 saturated carbocycles. The zero-order valence-corrected chi connectivity index (χ0v) is 9.97. The van der Waals surface area contributed by atoms with Gasteiger partial charge in [0.2, 0.25) is 0 Å². The van der Waals surface area contributed by atoms with Gasteiger partial charge in [0, 0.05) is 11.8 Å². The lowest BCUT2D eigenvalue weighted by Gasteiger charge is -2.06. The number of rotatable bonds is 3. The van der Waals surface area contributed by atoms with Crippen molar-refractivity contribution in [2.45, 2.75) is 13.3 Å². The third kappa shape index (κ3) is 2.73. The van der Waals surface area contributed by atoms with Crippen LogP contribution in [-0.2, 0) is 0 Å². The zero-order valence-electron chi connectivity index (χ0n) is 9.97. The van der Waals surface area contributed by atoms with Crippen LogP contribution in [-0.4, -0.2) is 21.0 Å². The van der Waals surface area contributed by atoms with E-state index >= 15 is 0 Å². The molecular formula is C13H10F2N2O2. The Morgan fingerprint density at radius 3 is 2.42 bits per heavy atom. The van der Waals surface area contributed by atoms with Gasteiger partial charge in [-0.05, 0) is 6.92 Å². The van der Waals surface area contributed by atoms with Crippen LogP contribution >= 0.6 is 0 Å². The summed E-state index contributed by atoms with van der Waals surface area (Å²) in [6.45, 7) is 1.89. The Balaban J connectivity index is 2.52. The highest BCUT2D eigenvalue weighted by atomic mass is 19.3. The summed E-state index contributed by atoms with van der Waals surface area (Å²) in [5, 5.41) is 8.80. The van der Waals surface area contributed by atoms with Crippen molar-refractivity contribution in [2.75, 3.05) is 0 Å². The van der Waals surface area contributed by atoms with Crippen LogP contribution in [0.2, 0.25) is 0 Å². The lowest BCUT2D eigenvalue weighted by molar-refractivity contribution is 0.0681. The highest BCUT2D eigenvalue weighted by Gasteiger charge is 2.21. The van der Waals surface area contributed by atoms with E-state index in [2.05, 4.69) is 9.97 Å². The molecule has 0 aliphatic carbocycles. The Bertz CT molecular complexity index is 613. The molecule has 98 valence electrons. The fraction of sp³-hybridized carbons (Fsp3) is 0.154. The number of nitrogens with zero attached hydrogens (tertiary/aromatic N) is 2. The normalized spacial score (nSPS) is 10.7. The van der Waals surface area contributed by atoms with Gasteiger partial charge in [0.25, 0.3) is 6.43 Å². The Morgan fingerprint density at radius 2 is 1.89 bits per heavy atom. The molecule has 0 saturated heterocycles. The third-order valence-electron chi connectivity index (χ3n) is 2.57. The summed E-state index contributed by atoms with van der Waals surface area (Å²) in [6, 6.07) is 6.98. The molecule has 0 aliphatic heterocycles. The third-order valence-corrected chi connectivity index (χ3v) is 2.57. The largest absolute Gasteiger partial charge is 0.478 e. The molecule has 1 aromatic carbocycles. The van der Waals surface area contributed by atoms with Gasteiger partial charge in [0.05, 0.1) is 0 Å². The van der Waals surface area contributed by atoms with Crippen molar-refractivity contribution in [1.82, 2.24) is 9.97 Å². The molecule has 0 atom stereocenters. The first-order chi connectivity index (χ1) is 8.99. The predicted molar refractivity (Wildman–Crippen MR) is 64.1 cm³/mol. The van der Waals surface area contributed by atoms with E-state index in [-0.39, 0.29) is 5.82 Å². The van der Waals surface area contributed by atoms with Crippen LogP contribution in [0.1, 0.15) is 28.0 Å². The van der Waals surface area contributed by atoms with Crippen molar-refractivity contribution in [3.05, 3.63) is 47.3 Å². The minimum absolute atomic E-state index is 0.0836. The number of aryl methyl sites for hydroxylation is 1. The van der Waals surface area contributed by atoms with Crippen LogP contribution in [0.15, 0.2) is 30.5 Å². The van der Waals surface area contributed by atoms with Crippen LogP contribution < -0.4 is 0 Å². The number of carbonyl (C=O) groups is 1. The molecule has 0 amide bonds. The molecule has 0 fully saturated rings. The second kappa shape index (κ2) is 5.09. The fourth-order valence-corrected chi connectivity index (χ4v) is 1.57. The zero-order chi connectivity index (χ0) is 14.0. The lowest BCUT2D eigenvalue weighted by Crippen LogP contribution is -2.07. The average molecular weight is 264 g/mol. The van der Waals surface area contributed by atoms with Crippen LogP contribution in [0, 0.1) is 6.92 Å². The minimum Gasteiger partial charge on any atom is -0.478 e. The van der Waals surface area contributed by atoms with Gasteiger partial charge in [0.15, 0.2) is 5.82 Å². The number of aromatic carboxylic acids is 1. The Hall–Kier alpha value is -2.37. The predicted octanol–water partition coefficient (Wildman–Crippen LogP) is 3.09. The maximum atomic E-state index is 12.8. The van der Waals surface area contributed by atoms with E-state index in [1.165, 1.54) is 0 Å². The average Bonchev–Trinajstić information content (AvgIpc) is 2.38. The van der Waals surface area contributed by atoms with Crippen molar-refractivity contribution >= 4 is 5.97 Å². The summed E-state index contributed by atoms with van der Waals surface area (Å²) in [7, 11) is 0. The van der Waals surface area contributed by atoms with Crippen LogP contribution in [0.5, 0.6) is 0 Å². The van der Waals surface area contributed by atoms with Gasteiger partial charge in [0.1, 0.15) is 11.3 Å². The van der Waals surface area contributed by atoms with Gasteiger partial charge in [-0.15, -0.1) is 0 Å². The Morgan fingerprint density at radius 1 is 1.26 bits per heavy atom. The van der Waals surface area contributed by atoms with Crippen molar-refractivity contribution in [1.29, 1.82) is 0 Å². The summed E-state index contributed by atoms with van der Waals surface area (Å²) >= 11 is 0. The van der Waals surface area contributed by atoms with Crippen LogP contribution in [0.3, 0.4) is 0 Å². The van der Waals surface area contributed by atoms with Crippen LogP contribution in [0.4, 0.5) is 8.78 Å². The molecule has 1 heterocycles. The number of hydrogen-bond donors (Lipinski definition) is 1. The number of aromatic nitrogens is 2. The number of alkyl halides is 2. The second-order valence-corrected chi connectivity index (χ2v) is 3.96. The fourth-order valence-electron chi connectivity index (χ4n) is 1.57.